The average molecular weight is 216 g/mol. The van der Waals surface area contributed by atoms with Crippen molar-refractivity contribution in [3.05, 3.63) is 4.88 Å². The van der Waals surface area contributed by atoms with Crippen molar-refractivity contribution >= 4 is 16.5 Å². The predicted molar refractivity (Wildman–Crippen MR) is 58.4 cm³/mol. The van der Waals surface area contributed by atoms with E-state index < -0.39 is 0 Å². The van der Waals surface area contributed by atoms with Gasteiger partial charge in [-0.15, -0.1) is 0 Å². The number of aryl methyl sites for hydroxylation is 1. The van der Waals surface area contributed by atoms with Crippen molar-refractivity contribution in [2.75, 3.05) is 32.7 Å². The topological polar surface area (TPSA) is 45.6 Å². The molecule has 1 aromatic heterocycles. The number of nitrogens with zero attached hydrogens (tertiary/aromatic N) is 2. The minimum atomic E-state index is 0.207. The number of aliphatic hydroxyl groups is 1. The highest BCUT2D eigenvalue weighted by Crippen LogP contribution is 2.31. The highest BCUT2D eigenvalue weighted by Gasteiger charge is 2.12. The summed E-state index contributed by atoms with van der Waals surface area (Å²) in [5, 5.41) is 9.68. The maximum absolute atomic E-state index is 8.74. The molecule has 0 amide bonds. The molecule has 14 heavy (non-hydrogen) atoms. The van der Waals surface area contributed by atoms with Gasteiger partial charge in [-0.3, -0.25) is 0 Å². The highest BCUT2D eigenvalue weighted by atomic mass is 32.1. The summed E-state index contributed by atoms with van der Waals surface area (Å²) >= 11 is 1.61. The molecular weight excluding hydrogens is 200 g/mol. The maximum atomic E-state index is 8.74. The number of rotatable bonds is 5. The molecule has 0 saturated carbocycles. The second-order valence-electron chi connectivity index (χ2n) is 3.15. The second-order valence-corrected chi connectivity index (χ2v) is 4.21. The lowest BCUT2D eigenvalue weighted by molar-refractivity contribution is 0.288. The van der Waals surface area contributed by atoms with Crippen LogP contribution in [0.2, 0.25) is 0 Å². The van der Waals surface area contributed by atoms with Crippen LogP contribution >= 0.6 is 11.3 Å². The first kappa shape index (κ1) is 11.3. The van der Waals surface area contributed by atoms with E-state index in [1.807, 2.05) is 19.0 Å². The van der Waals surface area contributed by atoms with E-state index in [1.165, 1.54) is 0 Å². The Kier molecular flexibility index (Phi) is 4.16. The fourth-order valence-electron chi connectivity index (χ4n) is 1.07. The molecule has 0 aromatic carbocycles. The number of aromatic nitrogens is 1. The van der Waals surface area contributed by atoms with Crippen molar-refractivity contribution in [2.24, 2.45) is 0 Å². The van der Waals surface area contributed by atoms with Gasteiger partial charge in [0, 0.05) is 20.7 Å². The first-order valence-electron chi connectivity index (χ1n) is 4.51. The minimum Gasteiger partial charge on any atom is -0.480 e. The summed E-state index contributed by atoms with van der Waals surface area (Å²) in [5.41, 5.74) is 0. The molecule has 0 bridgehead atoms. The first-order chi connectivity index (χ1) is 6.69. The standard InChI is InChI=1S/C9H16N2O2S/c1-11(2)9-10-8(13-3)7(14-9)5-4-6-12/h12H,4-6H2,1-3H3. The number of hydrogen-bond acceptors (Lipinski definition) is 5. The van der Waals surface area contributed by atoms with E-state index in [4.69, 9.17) is 9.84 Å². The molecule has 0 unspecified atom stereocenters. The van der Waals surface area contributed by atoms with Crippen molar-refractivity contribution in [1.29, 1.82) is 0 Å². The number of ether oxygens (including phenoxy) is 1. The molecule has 0 radical (unpaired) electrons. The van der Waals surface area contributed by atoms with Gasteiger partial charge in [0.25, 0.3) is 0 Å². The lowest BCUT2D eigenvalue weighted by Crippen LogP contribution is -2.07. The molecule has 1 N–H and O–H groups in total. The molecule has 5 heteroatoms. The number of methoxy groups -OCH3 is 1. The molecule has 0 atom stereocenters. The lowest BCUT2D eigenvalue weighted by atomic mass is 10.3. The van der Waals surface area contributed by atoms with E-state index in [9.17, 15) is 0 Å². The van der Waals surface area contributed by atoms with Gasteiger partial charge in [0.2, 0.25) is 5.88 Å². The van der Waals surface area contributed by atoms with E-state index >= 15 is 0 Å². The van der Waals surface area contributed by atoms with Crippen molar-refractivity contribution in [1.82, 2.24) is 4.98 Å². The fraction of sp³-hybridized carbons (Fsp3) is 0.667. The second kappa shape index (κ2) is 5.17. The minimum absolute atomic E-state index is 0.207. The molecule has 0 aliphatic carbocycles. The average Bonchev–Trinajstić information content (AvgIpc) is 2.57. The van der Waals surface area contributed by atoms with Crippen molar-refractivity contribution in [3.8, 4) is 5.88 Å². The molecule has 0 spiro atoms. The zero-order valence-electron chi connectivity index (χ0n) is 8.78. The summed E-state index contributed by atoms with van der Waals surface area (Å²) in [4.78, 5) is 7.38. The summed E-state index contributed by atoms with van der Waals surface area (Å²) in [6.45, 7) is 0.207. The Hall–Kier alpha value is -0.810. The van der Waals surface area contributed by atoms with Gasteiger partial charge in [-0.25, -0.2) is 0 Å². The third-order valence-corrected chi connectivity index (χ3v) is 3.05. The summed E-state index contributed by atoms with van der Waals surface area (Å²) in [6, 6.07) is 0. The number of hydrogen-bond donors (Lipinski definition) is 1. The third-order valence-electron chi connectivity index (χ3n) is 1.79. The van der Waals surface area contributed by atoms with Gasteiger partial charge >= 0.3 is 0 Å². The maximum Gasteiger partial charge on any atom is 0.229 e. The van der Waals surface area contributed by atoms with E-state index in [0.29, 0.717) is 5.88 Å². The van der Waals surface area contributed by atoms with Gasteiger partial charge in [-0.2, -0.15) is 4.98 Å². The summed E-state index contributed by atoms with van der Waals surface area (Å²) in [6.07, 6.45) is 1.58. The van der Waals surface area contributed by atoms with Gasteiger partial charge in [0.1, 0.15) is 0 Å². The molecule has 1 heterocycles. The van der Waals surface area contributed by atoms with Crippen LogP contribution in [0.3, 0.4) is 0 Å². The van der Waals surface area contributed by atoms with E-state index in [0.717, 1.165) is 22.9 Å². The Morgan fingerprint density at radius 2 is 2.21 bits per heavy atom. The normalized spacial score (nSPS) is 10.3. The van der Waals surface area contributed by atoms with Gasteiger partial charge in [-0.05, 0) is 12.8 Å². The van der Waals surface area contributed by atoms with E-state index in [1.54, 1.807) is 18.4 Å². The Balaban J connectivity index is 2.79. The van der Waals surface area contributed by atoms with Crippen LogP contribution in [0, 0.1) is 0 Å². The fourth-order valence-corrected chi connectivity index (χ4v) is 2.07. The zero-order valence-corrected chi connectivity index (χ0v) is 9.60. The largest absolute Gasteiger partial charge is 0.480 e. The molecule has 4 nitrogen and oxygen atoms in total. The molecule has 0 aliphatic rings. The molecule has 1 rings (SSSR count). The van der Waals surface area contributed by atoms with Crippen LogP contribution in [0.5, 0.6) is 5.88 Å². The highest BCUT2D eigenvalue weighted by molar-refractivity contribution is 7.15. The van der Waals surface area contributed by atoms with E-state index in [2.05, 4.69) is 4.98 Å². The summed E-state index contributed by atoms with van der Waals surface area (Å²) in [7, 11) is 5.53. The molecular formula is C9H16N2O2S. The SMILES string of the molecule is COc1nc(N(C)C)sc1CCCO. The summed E-state index contributed by atoms with van der Waals surface area (Å²) < 4.78 is 5.16. The van der Waals surface area contributed by atoms with Crippen LogP contribution in [0.4, 0.5) is 5.13 Å². The Morgan fingerprint density at radius 3 is 2.71 bits per heavy atom. The van der Waals surface area contributed by atoms with Gasteiger partial charge < -0.3 is 14.7 Å². The summed E-state index contributed by atoms with van der Waals surface area (Å²) in [5.74, 6) is 0.687. The van der Waals surface area contributed by atoms with Crippen LogP contribution in [0.15, 0.2) is 0 Å². The van der Waals surface area contributed by atoms with Gasteiger partial charge in [-0.1, -0.05) is 11.3 Å². The van der Waals surface area contributed by atoms with Crippen LogP contribution < -0.4 is 9.64 Å². The smallest absolute Gasteiger partial charge is 0.229 e. The first-order valence-corrected chi connectivity index (χ1v) is 5.32. The van der Waals surface area contributed by atoms with Crippen LogP contribution in [-0.4, -0.2) is 37.9 Å². The molecule has 0 saturated heterocycles. The van der Waals surface area contributed by atoms with Gasteiger partial charge in [0.05, 0.1) is 12.0 Å². The van der Waals surface area contributed by atoms with Crippen molar-refractivity contribution in [2.45, 2.75) is 12.8 Å². The Labute approximate surface area is 88.1 Å². The molecule has 0 aliphatic heterocycles. The van der Waals surface area contributed by atoms with Crippen LogP contribution in [0.1, 0.15) is 11.3 Å². The monoisotopic (exact) mass is 216 g/mol. The molecule has 1 aromatic rings. The zero-order chi connectivity index (χ0) is 10.6. The number of aliphatic hydroxyl groups excluding tert-OH is 1. The van der Waals surface area contributed by atoms with Gasteiger partial charge in [0.15, 0.2) is 5.13 Å². The predicted octanol–water partition coefficient (Wildman–Crippen LogP) is 1.14. The molecule has 80 valence electrons. The number of anilines is 1. The quantitative estimate of drug-likeness (QED) is 0.802. The Morgan fingerprint density at radius 1 is 1.50 bits per heavy atom. The third kappa shape index (κ3) is 2.59. The van der Waals surface area contributed by atoms with Crippen molar-refractivity contribution < 1.29 is 9.84 Å². The van der Waals surface area contributed by atoms with E-state index in [-0.39, 0.29) is 6.61 Å². The van der Waals surface area contributed by atoms with Crippen LogP contribution in [0.25, 0.3) is 0 Å². The van der Waals surface area contributed by atoms with Crippen molar-refractivity contribution in [3.63, 3.8) is 0 Å². The van der Waals surface area contributed by atoms with Crippen LogP contribution in [-0.2, 0) is 6.42 Å². The Bertz CT molecular complexity index is 286. The lowest BCUT2D eigenvalue weighted by Gasteiger charge is -2.04. The number of thiazole rings is 1. The molecule has 0 fully saturated rings.